The molecule has 1 heterocycles. The predicted octanol–water partition coefficient (Wildman–Crippen LogP) is 2.68. The predicted molar refractivity (Wildman–Crippen MR) is 77.2 cm³/mol. The Bertz CT molecular complexity index is 437. The van der Waals surface area contributed by atoms with E-state index in [1.807, 2.05) is 0 Å². The van der Waals surface area contributed by atoms with Crippen molar-refractivity contribution in [3.63, 3.8) is 0 Å². The molecule has 1 aliphatic carbocycles. The highest BCUT2D eigenvalue weighted by molar-refractivity contribution is 5.94. The molecule has 2 N–H and O–H groups in total. The number of amides is 1. The van der Waals surface area contributed by atoms with Gasteiger partial charge in [-0.05, 0) is 43.2 Å². The van der Waals surface area contributed by atoms with Crippen molar-refractivity contribution in [3.8, 4) is 0 Å². The highest BCUT2D eigenvalue weighted by atomic mass is 16.1. The first kappa shape index (κ1) is 13.8. The average Bonchev–Trinajstić information content (AvgIpc) is 2.37. The van der Waals surface area contributed by atoms with Crippen molar-refractivity contribution < 1.29 is 4.79 Å². The molecule has 1 amide bonds. The minimum Gasteiger partial charge on any atom is -0.373 e. The van der Waals surface area contributed by atoms with Crippen LogP contribution in [0.5, 0.6) is 0 Å². The lowest BCUT2D eigenvalue weighted by atomic mass is 9.80. The van der Waals surface area contributed by atoms with Crippen molar-refractivity contribution in [3.05, 3.63) is 23.9 Å². The summed E-state index contributed by atoms with van der Waals surface area (Å²) in [5.41, 5.74) is 0.672. The van der Waals surface area contributed by atoms with Crippen LogP contribution in [0.1, 0.15) is 43.5 Å². The third-order valence-electron chi connectivity index (χ3n) is 3.79. The highest BCUT2D eigenvalue weighted by Crippen LogP contribution is 2.28. The van der Waals surface area contributed by atoms with Crippen LogP contribution in [0.3, 0.4) is 0 Å². The molecule has 4 nitrogen and oxygen atoms in total. The van der Waals surface area contributed by atoms with E-state index in [2.05, 4.69) is 29.5 Å². The molecule has 2 atom stereocenters. The van der Waals surface area contributed by atoms with Crippen LogP contribution in [0.25, 0.3) is 0 Å². The van der Waals surface area contributed by atoms with Gasteiger partial charge in [0.25, 0.3) is 5.91 Å². The summed E-state index contributed by atoms with van der Waals surface area (Å²) in [4.78, 5) is 16.3. The van der Waals surface area contributed by atoms with Gasteiger partial charge in [-0.25, -0.2) is 4.98 Å². The summed E-state index contributed by atoms with van der Waals surface area (Å²) < 4.78 is 0. The van der Waals surface area contributed by atoms with Gasteiger partial charge in [0.05, 0.1) is 0 Å². The smallest absolute Gasteiger partial charge is 0.251 e. The Morgan fingerprint density at radius 3 is 2.58 bits per heavy atom. The molecular formula is C15H23N3O. The van der Waals surface area contributed by atoms with Crippen LogP contribution < -0.4 is 10.6 Å². The molecule has 104 valence electrons. The minimum absolute atomic E-state index is 0.00481. The molecule has 2 unspecified atom stereocenters. The van der Waals surface area contributed by atoms with Crippen molar-refractivity contribution >= 4 is 11.7 Å². The SMILES string of the molecule is CNc1cc(C(=O)NC2CC(C)CC(C)C2)ccn1. The van der Waals surface area contributed by atoms with Crippen LogP contribution >= 0.6 is 0 Å². The minimum atomic E-state index is 0.00481. The summed E-state index contributed by atoms with van der Waals surface area (Å²) in [5.74, 6) is 2.11. The fraction of sp³-hybridized carbons (Fsp3) is 0.600. The molecule has 2 rings (SSSR count). The molecule has 19 heavy (non-hydrogen) atoms. The van der Waals surface area contributed by atoms with Gasteiger partial charge >= 0.3 is 0 Å². The first-order valence-corrected chi connectivity index (χ1v) is 7.03. The van der Waals surface area contributed by atoms with E-state index >= 15 is 0 Å². The number of nitrogens with zero attached hydrogens (tertiary/aromatic N) is 1. The van der Waals surface area contributed by atoms with Crippen molar-refractivity contribution in [2.45, 2.75) is 39.2 Å². The zero-order chi connectivity index (χ0) is 13.8. The van der Waals surface area contributed by atoms with E-state index in [-0.39, 0.29) is 5.91 Å². The van der Waals surface area contributed by atoms with Gasteiger partial charge in [-0.15, -0.1) is 0 Å². The molecule has 1 fully saturated rings. The van der Waals surface area contributed by atoms with Crippen LogP contribution in [0.4, 0.5) is 5.82 Å². The van der Waals surface area contributed by atoms with Gasteiger partial charge in [0.15, 0.2) is 0 Å². The monoisotopic (exact) mass is 261 g/mol. The first-order valence-electron chi connectivity index (χ1n) is 7.03. The number of pyridine rings is 1. The molecule has 1 aromatic rings. The van der Waals surface area contributed by atoms with Crippen molar-refractivity contribution in [1.29, 1.82) is 0 Å². The number of carbonyl (C=O) groups is 1. The molecule has 0 bridgehead atoms. The van der Waals surface area contributed by atoms with E-state index in [9.17, 15) is 4.79 Å². The van der Waals surface area contributed by atoms with E-state index in [4.69, 9.17) is 0 Å². The van der Waals surface area contributed by atoms with Gasteiger partial charge in [-0.3, -0.25) is 4.79 Å². The van der Waals surface area contributed by atoms with E-state index in [1.165, 1.54) is 6.42 Å². The van der Waals surface area contributed by atoms with Crippen LogP contribution in [0, 0.1) is 11.8 Å². The average molecular weight is 261 g/mol. The van der Waals surface area contributed by atoms with Crippen LogP contribution in [0.2, 0.25) is 0 Å². The summed E-state index contributed by atoms with van der Waals surface area (Å²) in [6, 6.07) is 3.84. The number of nitrogens with one attached hydrogen (secondary N) is 2. The summed E-state index contributed by atoms with van der Waals surface area (Å²) in [7, 11) is 1.80. The van der Waals surface area contributed by atoms with Crippen molar-refractivity contribution in [2.24, 2.45) is 11.8 Å². The van der Waals surface area contributed by atoms with Gasteiger partial charge < -0.3 is 10.6 Å². The maximum atomic E-state index is 12.2. The maximum Gasteiger partial charge on any atom is 0.251 e. The fourth-order valence-electron chi connectivity index (χ4n) is 3.04. The van der Waals surface area contributed by atoms with Crippen molar-refractivity contribution in [2.75, 3.05) is 12.4 Å². The van der Waals surface area contributed by atoms with Gasteiger partial charge in [0.1, 0.15) is 5.82 Å². The molecule has 0 spiro atoms. The number of rotatable bonds is 3. The number of hydrogen-bond acceptors (Lipinski definition) is 3. The highest BCUT2D eigenvalue weighted by Gasteiger charge is 2.25. The second-order valence-corrected chi connectivity index (χ2v) is 5.77. The Labute approximate surface area is 115 Å². The van der Waals surface area contributed by atoms with Gasteiger partial charge in [-0.2, -0.15) is 0 Å². The van der Waals surface area contributed by atoms with Gasteiger partial charge in [-0.1, -0.05) is 13.8 Å². The first-order chi connectivity index (χ1) is 9.08. The van der Waals surface area contributed by atoms with E-state index in [1.54, 1.807) is 25.4 Å². The lowest BCUT2D eigenvalue weighted by Gasteiger charge is -2.32. The normalized spacial score (nSPS) is 26.8. The largest absolute Gasteiger partial charge is 0.373 e. The molecule has 0 aliphatic heterocycles. The van der Waals surface area contributed by atoms with Crippen LogP contribution in [0.15, 0.2) is 18.3 Å². The quantitative estimate of drug-likeness (QED) is 0.879. The summed E-state index contributed by atoms with van der Waals surface area (Å²) >= 11 is 0. The molecule has 4 heteroatoms. The van der Waals surface area contributed by atoms with Crippen LogP contribution in [-0.4, -0.2) is 24.0 Å². The fourth-order valence-corrected chi connectivity index (χ4v) is 3.04. The summed E-state index contributed by atoms with van der Waals surface area (Å²) in [6.45, 7) is 4.53. The zero-order valence-electron chi connectivity index (χ0n) is 11.9. The van der Waals surface area contributed by atoms with E-state index in [0.717, 1.165) is 18.7 Å². The molecule has 1 saturated carbocycles. The Balaban J connectivity index is 2.00. The Morgan fingerprint density at radius 1 is 1.26 bits per heavy atom. The summed E-state index contributed by atoms with van der Waals surface area (Å²) in [6.07, 6.45) is 5.10. The van der Waals surface area contributed by atoms with E-state index < -0.39 is 0 Å². The lowest BCUT2D eigenvalue weighted by molar-refractivity contribution is 0.0911. The maximum absolute atomic E-state index is 12.2. The van der Waals surface area contributed by atoms with Gasteiger partial charge in [0, 0.05) is 24.8 Å². The molecular weight excluding hydrogens is 238 g/mol. The molecule has 0 radical (unpaired) electrons. The second kappa shape index (κ2) is 6.04. The Morgan fingerprint density at radius 2 is 1.95 bits per heavy atom. The Hall–Kier alpha value is -1.58. The molecule has 0 aromatic carbocycles. The standard InChI is InChI=1S/C15H23N3O/c1-10-6-11(2)8-13(7-10)18-15(19)12-4-5-17-14(9-12)16-3/h4-5,9-11,13H,6-8H2,1-3H3,(H,16,17)(H,18,19). The third kappa shape index (κ3) is 3.69. The van der Waals surface area contributed by atoms with Gasteiger partial charge in [0.2, 0.25) is 0 Å². The number of carbonyl (C=O) groups excluding carboxylic acids is 1. The molecule has 1 aromatic heterocycles. The Kier molecular flexibility index (Phi) is 4.40. The number of aromatic nitrogens is 1. The second-order valence-electron chi connectivity index (χ2n) is 5.77. The third-order valence-corrected chi connectivity index (χ3v) is 3.79. The van der Waals surface area contributed by atoms with Crippen LogP contribution in [-0.2, 0) is 0 Å². The molecule has 1 aliphatic rings. The van der Waals surface area contributed by atoms with E-state index in [0.29, 0.717) is 23.4 Å². The topological polar surface area (TPSA) is 54.0 Å². The summed E-state index contributed by atoms with van der Waals surface area (Å²) in [5, 5.41) is 6.10. The number of anilines is 1. The number of hydrogen-bond donors (Lipinski definition) is 2. The molecule has 0 saturated heterocycles. The lowest BCUT2D eigenvalue weighted by Crippen LogP contribution is -2.40. The zero-order valence-corrected chi connectivity index (χ0v) is 11.9. The van der Waals surface area contributed by atoms with Crippen molar-refractivity contribution in [1.82, 2.24) is 10.3 Å².